The summed E-state index contributed by atoms with van der Waals surface area (Å²) in [5, 5.41) is 20.9. The molecule has 2 aliphatic rings. The summed E-state index contributed by atoms with van der Waals surface area (Å²) in [6, 6.07) is 30.1. The van der Waals surface area contributed by atoms with E-state index >= 15 is 0 Å². The smallest absolute Gasteiger partial charge is 0.263 e. The van der Waals surface area contributed by atoms with E-state index in [1.807, 2.05) is 95.6 Å². The highest BCUT2D eigenvalue weighted by atomic mass is 28.4. The third-order valence-electron chi connectivity index (χ3n) is 10.1. The molecule has 0 saturated carbocycles. The largest absolute Gasteiger partial charge is 0.432 e. The SMILES string of the molecule is C[C@@H]1[C@@H]([Si](C)(C)O)[C@H](CCn2cc(C(CO)c3ccccc3)nn2)O[C@@H]1CCc1ccc(N2C(=O)c3cccc4cccc2c34)cc1. The van der Waals surface area contributed by atoms with Gasteiger partial charge < -0.3 is 14.6 Å². The highest BCUT2D eigenvalue weighted by Gasteiger charge is 2.49. The minimum absolute atomic E-state index is 0.0112. The fourth-order valence-electron chi connectivity index (χ4n) is 7.87. The zero-order valence-electron chi connectivity index (χ0n) is 27.2. The predicted molar refractivity (Wildman–Crippen MR) is 186 cm³/mol. The van der Waals surface area contributed by atoms with Crippen LogP contribution in [0.5, 0.6) is 0 Å². The molecule has 1 aromatic heterocycles. The average molecular weight is 647 g/mol. The van der Waals surface area contributed by atoms with Gasteiger partial charge in [0.05, 0.1) is 41.7 Å². The molecule has 2 N–H and O–H groups in total. The van der Waals surface area contributed by atoms with Crippen LogP contribution in [0, 0.1) is 5.92 Å². The lowest BCUT2D eigenvalue weighted by Crippen LogP contribution is -2.40. The van der Waals surface area contributed by atoms with Crippen LogP contribution in [-0.4, -0.2) is 57.9 Å². The minimum atomic E-state index is -2.52. The summed E-state index contributed by atoms with van der Waals surface area (Å²) in [4.78, 5) is 26.5. The molecule has 7 rings (SSSR count). The number of carbonyl (C=O) groups is 1. The number of ether oxygens (including phenoxy) is 1. The topological polar surface area (TPSA) is 101 Å². The maximum atomic E-state index is 13.4. The van der Waals surface area contributed by atoms with Crippen LogP contribution in [-0.2, 0) is 17.7 Å². The van der Waals surface area contributed by atoms with Crippen molar-refractivity contribution in [2.75, 3.05) is 11.5 Å². The lowest BCUT2D eigenvalue weighted by molar-refractivity contribution is 0.0245. The molecule has 242 valence electrons. The van der Waals surface area contributed by atoms with Gasteiger partial charge in [-0.1, -0.05) is 78.9 Å². The molecule has 0 spiro atoms. The molecule has 8 nitrogen and oxygen atoms in total. The standard InChI is InChI=1S/C38H42N4O4Si/c1-25-34(20-17-26-15-18-29(19-16-26)42-33-14-8-12-28-11-7-13-30(36(28)33)38(42)44)46-35(37(25)47(2,3)45)21-22-41-23-32(39-40-41)31(24-43)27-9-5-4-6-10-27/h4-16,18-19,23,25,31,34-35,37,43,45H,17,20-22,24H2,1-3H3/t25-,31?,34+,35-,37+/m0/s1. The van der Waals surface area contributed by atoms with E-state index in [1.54, 1.807) is 0 Å². The zero-order chi connectivity index (χ0) is 32.7. The van der Waals surface area contributed by atoms with Crippen LogP contribution in [0.4, 0.5) is 11.4 Å². The van der Waals surface area contributed by atoms with Gasteiger partial charge in [0.1, 0.15) is 0 Å². The monoisotopic (exact) mass is 646 g/mol. The van der Waals surface area contributed by atoms with Crippen molar-refractivity contribution in [2.24, 2.45) is 5.92 Å². The lowest BCUT2D eigenvalue weighted by atomic mass is 9.95. The first-order valence-electron chi connectivity index (χ1n) is 16.6. The van der Waals surface area contributed by atoms with Crippen LogP contribution in [0.15, 0.2) is 97.2 Å². The highest BCUT2D eigenvalue weighted by Crippen LogP contribution is 2.46. The van der Waals surface area contributed by atoms with E-state index in [-0.39, 0.29) is 42.1 Å². The van der Waals surface area contributed by atoms with Crippen molar-refractivity contribution in [2.45, 2.75) is 69.5 Å². The molecular weight excluding hydrogens is 605 g/mol. The Bertz CT molecular complexity index is 1870. The minimum Gasteiger partial charge on any atom is -0.432 e. The van der Waals surface area contributed by atoms with Gasteiger partial charge in [-0.15, -0.1) is 5.10 Å². The van der Waals surface area contributed by atoms with E-state index in [4.69, 9.17) is 4.74 Å². The number of aromatic nitrogens is 3. The Morgan fingerprint density at radius 2 is 1.66 bits per heavy atom. The number of carbonyl (C=O) groups excluding carboxylic acids is 1. The van der Waals surface area contributed by atoms with Crippen LogP contribution in [0.1, 0.15) is 52.9 Å². The van der Waals surface area contributed by atoms with Crippen molar-refractivity contribution in [1.29, 1.82) is 0 Å². The van der Waals surface area contributed by atoms with E-state index in [9.17, 15) is 14.7 Å². The van der Waals surface area contributed by atoms with Crippen LogP contribution < -0.4 is 4.90 Å². The summed E-state index contributed by atoms with van der Waals surface area (Å²) >= 11 is 0. The summed E-state index contributed by atoms with van der Waals surface area (Å²) in [6.07, 6.45) is 4.32. The second kappa shape index (κ2) is 12.8. The number of aliphatic hydroxyl groups is 1. The third-order valence-corrected chi connectivity index (χ3v) is 12.7. The Morgan fingerprint density at radius 3 is 2.38 bits per heavy atom. The van der Waals surface area contributed by atoms with Gasteiger partial charge in [-0.05, 0) is 79.1 Å². The van der Waals surface area contributed by atoms with Crippen molar-refractivity contribution in [3.05, 3.63) is 120 Å². The molecule has 0 radical (unpaired) electrons. The van der Waals surface area contributed by atoms with Crippen LogP contribution in [0.2, 0.25) is 18.6 Å². The number of aryl methyl sites for hydroxylation is 2. The van der Waals surface area contributed by atoms with Gasteiger partial charge in [-0.25, -0.2) is 0 Å². The maximum absolute atomic E-state index is 13.4. The Hall–Kier alpha value is -4.15. The van der Waals surface area contributed by atoms with Gasteiger partial charge in [0.25, 0.3) is 5.91 Å². The highest BCUT2D eigenvalue weighted by molar-refractivity contribution is 6.71. The van der Waals surface area contributed by atoms with Gasteiger partial charge in [0, 0.05) is 29.4 Å². The van der Waals surface area contributed by atoms with Crippen LogP contribution >= 0.6 is 0 Å². The van der Waals surface area contributed by atoms with Crippen molar-refractivity contribution < 1.29 is 19.4 Å². The number of hydrogen-bond acceptors (Lipinski definition) is 6. The molecule has 0 aliphatic carbocycles. The van der Waals surface area contributed by atoms with E-state index < -0.39 is 8.32 Å². The molecular formula is C38H42N4O4Si. The Labute approximate surface area is 276 Å². The normalized spacial score (nSPS) is 21.6. The van der Waals surface area contributed by atoms with E-state index in [2.05, 4.69) is 41.5 Å². The molecule has 1 amide bonds. The fourth-order valence-corrected chi connectivity index (χ4v) is 10.5. The number of anilines is 2. The summed E-state index contributed by atoms with van der Waals surface area (Å²) in [5.74, 6) is 0.0246. The van der Waals surface area contributed by atoms with Crippen molar-refractivity contribution in [3.8, 4) is 0 Å². The fraction of sp³-hybridized carbons (Fsp3) is 0.342. The number of aliphatic hydroxyl groups excluding tert-OH is 1. The maximum Gasteiger partial charge on any atom is 0.263 e. The Balaban J connectivity index is 0.997. The molecule has 1 saturated heterocycles. The van der Waals surface area contributed by atoms with Gasteiger partial charge in [-0.2, -0.15) is 0 Å². The molecule has 1 unspecified atom stereocenters. The summed E-state index contributed by atoms with van der Waals surface area (Å²) in [6.45, 7) is 6.84. The second-order valence-corrected chi connectivity index (χ2v) is 17.6. The van der Waals surface area contributed by atoms with E-state index in [0.29, 0.717) is 6.54 Å². The van der Waals surface area contributed by atoms with Crippen LogP contribution in [0.3, 0.4) is 0 Å². The third kappa shape index (κ3) is 6.04. The lowest BCUT2D eigenvalue weighted by Gasteiger charge is -2.30. The van der Waals surface area contributed by atoms with Gasteiger partial charge in [-0.3, -0.25) is 14.4 Å². The molecule has 9 heteroatoms. The molecule has 5 atom stereocenters. The van der Waals surface area contributed by atoms with Gasteiger partial charge in [0.15, 0.2) is 8.32 Å². The number of amides is 1. The molecule has 0 bridgehead atoms. The number of hydrogen-bond donors (Lipinski definition) is 2. The first-order valence-corrected chi connectivity index (χ1v) is 19.6. The number of nitrogens with zero attached hydrogens (tertiary/aromatic N) is 4. The quantitative estimate of drug-likeness (QED) is 0.153. The molecule has 47 heavy (non-hydrogen) atoms. The van der Waals surface area contributed by atoms with Crippen molar-refractivity contribution >= 4 is 36.4 Å². The average Bonchev–Trinajstić information content (AvgIpc) is 3.75. The molecule has 3 heterocycles. The second-order valence-electron chi connectivity index (χ2n) is 13.6. The summed E-state index contributed by atoms with van der Waals surface area (Å²) in [5.41, 5.74) is 5.60. The predicted octanol–water partition coefficient (Wildman–Crippen LogP) is 6.84. The molecule has 2 aliphatic heterocycles. The van der Waals surface area contributed by atoms with E-state index in [0.717, 1.165) is 58.2 Å². The van der Waals surface area contributed by atoms with Crippen LogP contribution in [0.25, 0.3) is 10.8 Å². The zero-order valence-corrected chi connectivity index (χ0v) is 28.2. The van der Waals surface area contributed by atoms with Gasteiger partial charge >= 0.3 is 0 Å². The van der Waals surface area contributed by atoms with Gasteiger partial charge in [0.2, 0.25) is 0 Å². The number of rotatable bonds is 11. The number of benzene rings is 4. The first-order chi connectivity index (χ1) is 22.7. The molecule has 1 fully saturated rings. The Kier molecular flexibility index (Phi) is 8.57. The molecule has 5 aromatic rings. The Morgan fingerprint density at radius 1 is 0.915 bits per heavy atom. The van der Waals surface area contributed by atoms with E-state index in [1.165, 1.54) is 5.56 Å². The summed E-state index contributed by atoms with van der Waals surface area (Å²) < 4.78 is 8.54. The summed E-state index contributed by atoms with van der Waals surface area (Å²) in [7, 11) is -2.52. The van der Waals surface area contributed by atoms with Crippen molar-refractivity contribution in [3.63, 3.8) is 0 Å². The van der Waals surface area contributed by atoms with Crippen molar-refractivity contribution in [1.82, 2.24) is 15.0 Å². The first kappa shape index (κ1) is 31.4. The molecule has 4 aromatic carbocycles.